The van der Waals surface area contributed by atoms with Crippen LogP contribution in [0.15, 0.2) is 78.9 Å². The summed E-state index contributed by atoms with van der Waals surface area (Å²) in [5.74, 6) is -0.569. The number of carbonyl (C=O) groups excluding carboxylic acids is 3. The van der Waals surface area contributed by atoms with Crippen LogP contribution in [0.1, 0.15) is 23.6 Å². The summed E-state index contributed by atoms with van der Waals surface area (Å²) in [5, 5.41) is 5.75. The van der Waals surface area contributed by atoms with E-state index < -0.39 is 0 Å². The number of rotatable bonds is 7. The highest BCUT2D eigenvalue weighted by molar-refractivity contribution is 6.12. The van der Waals surface area contributed by atoms with Crippen LogP contribution in [0.2, 0.25) is 0 Å². The molecule has 1 aliphatic rings. The third-order valence-electron chi connectivity index (χ3n) is 5.81. The summed E-state index contributed by atoms with van der Waals surface area (Å²) >= 11 is 0. The molecule has 1 heterocycles. The Morgan fingerprint density at radius 1 is 0.765 bits per heavy atom. The number of amides is 4. The van der Waals surface area contributed by atoms with Crippen LogP contribution in [0, 0.1) is 0 Å². The Labute approximate surface area is 199 Å². The number of aryl methyl sites for hydroxylation is 1. The summed E-state index contributed by atoms with van der Waals surface area (Å²) in [4.78, 5) is 41.3. The molecule has 7 heteroatoms. The molecule has 0 aliphatic carbocycles. The largest absolute Gasteiger partial charge is 0.350 e. The first-order valence-electron chi connectivity index (χ1n) is 11.4. The minimum atomic E-state index is -0.357. The zero-order valence-electron chi connectivity index (χ0n) is 19.2. The molecular weight excluding hydrogens is 428 g/mol. The van der Waals surface area contributed by atoms with E-state index in [-0.39, 0.29) is 30.9 Å². The quantitative estimate of drug-likeness (QED) is 0.570. The summed E-state index contributed by atoms with van der Waals surface area (Å²) in [7, 11) is 0. The molecule has 0 spiro atoms. The normalized spacial score (nSPS) is 12.8. The number of benzene rings is 3. The first-order chi connectivity index (χ1) is 16.5. The fourth-order valence-corrected chi connectivity index (χ4v) is 3.88. The van der Waals surface area contributed by atoms with Crippen molar-refractivity contribution in [2.75, 3.05) is 22.9 Å². The Bertz CT molecular complexity index is 1160. The highest BCUT2D eigenvalue weighted by atomic mass is 16.2. The van der Waals surface area contributed by atoms with Gasteiger partial charge in [0.05, 0.1) is 11.4 Å². The molecule has 4 amide bonds. The molecule has 0 aromatic heterocycles. The van der Waals surface area contributed by atoms with Crippen LogP contribution in [-0.2, 0) is 29.1 Å². The smallest absolute Gasteiger partial charge is 0.322 e. The average molecular weight is 457 g/mol. The number of hydrogen-bond donors (Lipinski definition) is 2. The van der Waals surface area contributed by atoms with Crippen LogP contribution in [0.4, 0.5) is 16.2 Å². The fraction of sp³-hybridized carbons (Fsp3) is 0.222. The zero-order valence-corrected chi connectivity index (χ0v) is 19.2. The van der Waals surface area contributed by atoms with E-state index in [4.69, 9.17) is 0 Å². The third-order valence-corrected chi connectivity index (χ3v) is 5.81. The Kier molecular flexibility index (Phi) is 7.22. The molecule has 0 fully saturated rings. The van der Waals surface area contributed by atoms with Crippen molar-refractivity contribution in [1.29, 1.82) is 0 Å². The highest BCUT2D eigenvalue weighted by Crippen LogP contribution is 2.33. The van der Waals surface area contributed by atoms with E-state index in [0.29, 0.717) is 24.5 Å². The van der Waals surface area contributed by atoms with Gasteiger partial charge in [0.15, 0.2) is 0 Å². The van der Waals surface area contributed by atoms with Crippen LogP contribution in [0.3, 0.4) is 0 Å². The van der Waals surface area contributed by atoms with Crippen molar-refractivity contribution in [1.82, 2.24) is 10.6 Å². The molecular formula is C27H28N4O3. The molecule has 34 heavy (non-hydrogen) atoms. The van der Waals surface area contributed by atoms with Gasteiger partial charge in [-0.2, -0.15) is 0 Å². The van der Waals surface area contributed by atoms with Gasteiger partial charge >= 0.3 is 6.03 Å². The summed E-state index contributed by atoms with van der Waals surface area (Å²) in [6.45, 7) is 2.60. The van der Waals surface area contributed by atoms with Crippen molar-refractivity contribution in [3.8, 4) is 0 Å². The lowest BCUT2D eigenvalue weighted by atomic mass is 10.1. The van der Waals surface area contributed by atoms with Crippen LogP contribution >= 0.6 is 0 Å². The number of nitrogens with zero attached hydrogens (tertiary/aromatic N) is 2. The van der Waals surface area contributed by atoms with E-state index in [2.05, 4.69) is 17.6 Å². The Balaban J connectivity index is 1.41. The lowest BCUT2D eigenvalue weighted by Crippen LogP contribution is -2.53. The van der Waals surface area contributed by atoms with E-state index in [1.807, 2.05) is 60.7 Å². The third kappa shape index (κ3) is 5.43. The highest BCUT2D eigenvalue weighted by Gasteiger charge is 2.33. The van der Waals surface area contributed by atoms with E-state index in [1.165, 1.54) is 15.4 Å². The Morgan fingerprint density at radius 3 is 2.06 bits per heavy atom. The van der Waals surface area contributed by atoms with Gasteiger partial charge in [0.2, 0.25) is 11.8 Å². The molecule has 2 N–H and O–H groups in total. The predicted molar refractivity (Wildman–Crippen MR) is 132 cm³/mol. The van der Waals surface area contributed by atoms with Crippen molar-refractivity contribution >= 4 is 29.2 Å². The molecule has 0 radical (unpaired) electrons. The van der Waals surface area contributed by atoms with Gasteiger partial charge in [0.25, 0.3) is 0 Å². The molecule has 0 bridgehead atoms. The van der Waals surface area contributed by atoms with Crippen molar-refractivity contribution < 1.29 is 14.4 Å². The van der Waals surface area contributed by atoms with Gasteiger partial charge < -0.3 is 10.6 Å². The first kappa shape index (κ1) is 23.0. The average Bonchev–Trinajstić information content (AvgIpc) is 2.88. The second-order valence-corrected chi connectivity index (χ2v) is 8.15. The molecule has 0 atom stereocenters. The molecule has 1 aliphatic heterocycles. The lowest BCUT2D eigenvalue weighted by molar-refractivity contribution is -0.123. The minimum absolute atomic E-state index is 0.109. The topological polar surface area (TPSA) is 81.8 Å². The fourth-order valence-electron chi connectivity index (χ4n) is 3.88. The number of urea groups is 1. The number of anilines is 2. The standard InChI is InChI=1S/C27H28N4O3/c1-2-20-12-14-22(15-13-20)16-28-25(32)18-30-23-10-6-7-11-24(23)31(19-26(30)33)27(34)29-17-21-8-4-3-5-9-21/h3-15H,2,16-19H2,1H3,(H,28,32)(H,29,34). The number of hydrogen-bond acceptors (Lipinski definition) is 3. The van der Waals surface area contributed by atoms with E-state index in [9.17, 15) is 14.4 Å². The van der Waals surface area contributed by atoms with E-state index in [1.54, 1.807) is 18.2 Å². The van der Waals surface area contributed by atoms with Crippen LogP contribution in [0.5, 0.6) is 0 Å². The Hall–Kier alpha value is -4.13. The maximum atomic E-state index is 13.0. The van der Waals surface area contributed by atoms with E-state index in [0.717, 1.165) is 17.5 Å². The van der Waals surface area contributed by atoms with Gasteiger partial charge in [-0.3, -0.25) is 19.4 Å². The number of para-hydroxylation sites is 2. The SMILES string of the molecule is CCc1ccc(CNC(=O)CN2C(=O)CN(C(=O)NCc3ccccc3)c3ccccc32)cc1. The van der Waals surface area contributed by atoms with Gasteiger partial charge in [-0.05, 0) is 35.2 Å². The van der Waals surface area contributed by atoms with Crippen LogP contribution < -0.4 is 20.4 Å². The molecule has 0 saturated heterocycles. The minimum Gasteiger partial charge on any atom is -0.350 e. The zero-order chi connectivity index (χ0) is 23.9. The van der Waals surface area contributed by atoms with Crippen LogP contribution in [-0.4, -0.2) is 30.9 Å². The monoisotopic (exact) mass is 456 g/mol. The molecule has 7 nitrogen and oxygen atoms in total. The van der Waals surface area contributed by atoms with Gasteiger partial charge in [-0.1, -0.05) is 73.7 Å². The predicted octanol–water partition coefficient (Wildman–Crippen LogP) is 3.63. The summed E-state index contributed by atoms with van der Waals surface area (Å²) in [5.41, 5.74) is 4.34. The first-order valence-corrected chi connectivity index (χ1v) is 11.4. The van der Waals surface area contributed by atoms with Crippen molar-refractivity contribution in [2.24, 2.45) is 0 Å². The van der Waals surface area contributed by atoms with Gasteiger partial charge in [0, 0.05) is 13.1 Å². The number of fused-ring (bicyclic) bond motifs is 1. The maximum absolute atomic E-state index is 13.0. The summed E-state index contributed by atoms with van der Waals surface area (Å²) in [6, 6.07) is 24.4. The van der Waals surface area contributed by atoms with Crippen LogP contribution in [0.25, 0.3) is 0 Å². The number of carbonyl (C=O) groups is 3. The second kappa shape index (κ2) is 10.7. The second-order valence-electron chi connectivity index (χ2n) is 8.15. The summed E-state index contributed by atoms with van der Waals surface area (Å²) < 4.78 is 0. The van der Waals surface area contributed by atoms with E-state index >= 15 is 0 Å². The molecule has 0 unspecified atom stereocenters. The molecule has 0 saturated carbocycles. The lowest BCUT2D eigenvalue weighted by Gasteiger charge is -2.35. The molecule has 3 aromatic carbocycles. The van der Waals surface area contributed by atoms with Gasteiger partial charge in [0.1, 0.15) is 13.1 Å². The molecule has 174 valence electrons. The maximum Gasteiger partial charge on any atom is 0.322 e. The molecule has 4 rings (SSSR count). The Morgan fingerprint density at radius 2 is 1.35 bits per heavy atom. The van der Waals surface area contributed by atoms with Crippen molar-refractivity contribution in [2.45, 2.75) is 26.4 Å². The van der Waals surface area contributed by atoms with Gasteiger partial charge in [-0.25, -0.2) is 4.79 Å². The molecule has 3 aromatic rings. The van der Waals surface area contributed by atoms with Gasteiger partial charge in [-0.15, -0.1) is 0 Å². The number of nitrogens with one attached hydrogen (secondary N) is 2. The van der Waals surface area contributed by atoms with Crippen molar-refractivity contribution in [3.63, 3.8) is 0 Å². The summed E-state index contributed by atoms with van der Waals surface area (Å²) in [6.07, 6.45) is 0.963. The van der Waals surface area contributed by atoms with Crippen molar-refractivity contribution in [3.05, 3.63) is 95.6 Å².